The second-order valence-corrected chi connectivity index (χ2v) is 11.1. The lowest BCUT2D eigenvalue weighted by atomic mass is 10.2. The zero-order chi connectivity index (χ0) is 14.3. The lowest BCUT2D eigenvalue weighted by Crippen LogP contribution is -2.42. The third kappa shape index (κ3) is 8.10. The van der Waals surface area contributed by atoms with Gasteiger partial charge in [0.2, 0.25) is 0 Å². The predicted molar refractivity (Wildman–Crippen MR) is 85.5 cm³/mol. The van der Waals surface area contributed by atoms with Crippen molar-refractivity contribution in [3.05, 3.63) is 12.2 Å². The molecule has 0 saturated carbocycles. The topological polar surface area (TPSA) is 9.23 Å². The fourth-order valence-electron chi connectivity index (χ4n) is 2.94. The van der Waals surface area contributed by atoms with Crippen molar-refractivity contribution in [2.75, 3.05) is 6.61 Å². The Kier molecular flexibility index (Phi) is 8.12. The summed E-state index contributed by atoms with van der Waals surface area (Å²) in [7, 11) is -1.61. The van der Waals surface area contributed by atoms with Crippen LogP contribution in [0.1, 0.15) is 48.5 Å². The molecule has 0 atom stereocenters. The van der Waals surface area contributed by atoms with Crippen LogP contribution in [-0.2, 0) is 4.43 Å². The molecule has 0 heterocycles. The average Bonchev–Trinajstić information content (AvgIpc) is 2.11. The van der Waals surface area contributed by atoms with Crippen molar-refractivity contribution < 1.29 is 4.43 Å². The van der Waals surface area contributed by atoms with Crippen LogP contribution < -0.4 is 0 Å². The summed E-state index contributed by atoms with van der Waals surface area (Å²) in [4.78, 5) is 0. The SMILES string of the molecule is C=C(C)CO[Si](CC(C)C)(CC(C)C)CC(C)C. The first kappa shape index (κ1) is 17.9. The van der Waals surface area contributed by atoms with Gasteiger partial charge in [0.15, 0.2) is 8.32 Å². The van der Waals surface area contributed by atoms with E-state index in [1.165, 1.54) is 18.1 Å². The number of rotatable bonds is 9. The van der Waals surface area contributed by atoms with Crippen molar-refractivity contribution in [1.29, 1.82) is 0 Å². The molecule has 0 rings (SSSR count). The summed E-state index contributed by atoms with van der Waals surface area (Å²) in [5, 5.41) is 0. The van der Waals surface area contributed by atoms with Crippen molar-refractivity contribution in [2.24, 2.45) is 17.8 Å². The van der Waals surface area contributed by atoms with E-state index in [9.17, 15) is 0 Å². The minimum Gasteiger partial charge on any atom is -0.413 e. The van der Waals surface area contributed by atoms with Gasteiger partial charge in [-0.3, -0.25) is 0 Å². The van der Waals surface area contributed by atoms with E-state index in [0.717, 1.165) is 29.9 Å². The lowest BCUT2D eigenvalue weighted by molar-refractivity contribution is 0.314. The highest BCUT2D eigenvalue weighted by Crippen LogP contribution is 2.33. The second kappa shape index (κ2) is 8.16. The van der Waals surface area contributed by atoms with Gasteiger partial charge < -0.3 is 4.43 Å². The van der Waals surface area contributed by atoms with Crippen molar-refractivity contribution in [2.45, 2.75) is 66.6 Å². The first-order valence-electron chi connectivity index (χ1n) is 7.45. The molecule has 108 valence electrons. The van der Waals surface area contributed by atoms with Crippen LogP contribution in [0.5, 0.6) is 0 Å². The smallest absolute Gasteiger partial charge is 0.194 e. The van der Waals surface area contributed by atoms with E-state index in [-0.39, 0.29) is 0 Å². The van der Waals surface area contributed by atoms with E-state index in [0.29, 0.717) is 0 Å². The van der Waals surface area contributed by atoms with E-state index < -0.39 is 8.32 Å². The van der Waals surface area contributed by atoms with E-state index in [4.69, 9.17) is 4.43 Å². The van der Waals surface area contributed by atoms with Crippen molar-refractivity contribution >= 4 is 8.32 Å². The normalized spacial score (nSPS) is 12.8. The number of hydrogen-bond acceptors (Lipinski definition) is 1. The Morgan fingerprint density at radius 1 is 0.889 bits per heavy atom. The quantitative estimate of drug-likeness (QED) is 0.397. The van der Waals surface area contributed by atoms with E-state index in [1.54, 1.807) is 0 Å². The van der Waals surface area contributed by atoms with Crippen LogP contribution in [0.2, 0.25) is 18.1 Å². The van der Waals surface area contributed by atoms with Gasteiger partial charge in [0.05, 0.1) is 6.61 Å². The Hall–Kier alpha value is -0.0831. The molecule has 0 aromatic heterocycles. The monoisotopic (exact) mass is 270 g/mol. The lowest BCUT2D eigenvalue weighted by Gasteiger charge is -2.36. The zero-order valence-corrected chi connectivity index (χ0v) is 14.7. The first-order chi connectivity index (χ1) is 8.17. The Morgan fingerprint density at radius 3 is 1.44 bits per heavy atom. The molecule has 0 spiro atoms. The fraction of sp³-hybridized carbons (Fsp3) is 0.875. The number of hydrogen-bond donors (Lipinski definition) is 0. The van der Waals surface area contributed by atoms with Crippen LogP contribution in [0.15, 0.2) is 12.2 Å². The van der Waals surface area contributed by atoms with Crippen LogP contribution in [-0.4, -0.2) is 14.9 Å². The molecule has 0 aliphatic rings. The van der Waals surface area contributed by atoms with Crippen LogP contribution in [0.25, 0.3) is 0 Å². The molecule has 0 aromatic carbocycles. The van der Waals surface area contributed by atoms with Gasteiger partial charge in [-0.25, -0.2) is 0 Å². The maximum atomic E-state index is 6.46. The van der Waals surface area contributed by atoms with Gasteiger partial charge in [0.1, 0.15) is 0 Å². The Labute approximate surface area is 116 Å². The van der Waals surface area contributed by atoms with E-state index in [2.05, 4.69) is 55.0 Å². The Morgan fingerprint density at radius 2 is 1.22 bits per heavy atom. The summed E-state index contributed by atoms with van der Waals surface area (Å²) >= 11 is 0. The third-order valence-corrected chi connectivity index (χ3v) is 8.40. The largest absolute Gasteiger partial charge is 0.413 e. The summed E-state index contributed by atoms with van der Waals surface area (Å²) in [5.74, 6) is 2.21. The molecule has 0 aromatic rings. The molecule has 0 unspecified atom stereocenters. The highest BCUT2D eigenvalue weighted by Gasteiger charge is 2.37. The summed E-state index contributed by atoms with van der Waals surface area (Å²) in [5.41, 5.74) is 1.16. The molecule has 0 saturated heterocycles. The molecular weight excluding hydrogens is 236 g/mol. The van der Waals surface area contributed by atoms with Gasteiger partial charge in [-0.05, 0) is 42.8 Å². The summed E-state index contributed by atoms with van der Waals surface area (Å²) < 4.78 is 6.46. The van der Waals surface area contributed by atoms with E-state index in [1.807, 2.05) is 0 Å². The van der Waals surface area contributed by atoms with Gasteiger partial charge in [0.25, 0.3) is 0 Å². The Bertz CT molecular complexity index is 217. The molecule has 0 aliphatic carbocycles. The van der Waals surface area contributed by atoms with Gasteiger partial charge in [-0.15, -0.1) is 0 Å². The predicted octanol–water partition coefficient (Wildman–Crippen LogP) is 5.49. The molecule has 18 heavy (non-hydrogen) atoms. The van der Waals surface area contributed by atoms with Gasteiger partial charge in [-0.1, -0.05) is 53.7 Å². The molecule has 0 aliphatic heterocycles. The van der Waals surface area contributed by atoms with E-state index >= 15 is 0 Å². The highest BCUT2D eigenvalue weighted by molar-refractivity contribution is 6.74. The summed E-state index contributed by atoms with van der Waals surface area (Å²) in [6.07, 6.45) is 0. The zero-order valence-electron chi connectivity index (χ0n) is 13.7. The average molecular weight is 271 g/mol. The molecular formula is C16H34OSi. The molecule has 2 heteroatoms. The van der Waals surface area contributed by atoms with Crippen molar-refractivity contribution in [3.8, 4) is 0 Å². The van der Waals surface area contributed by atoms with Crippen LogP contribution in [0.3, 0.4) is 0 Å². The third-order valence-electron chi connectivity index (χ3n) is 2.97. The van der Waals surface area contributed by atoms with Gasteiger partial charge >= 0.3 is 0 Å². The molecule has 0 radical (unpaired) electrons. The molecule has 0 amide bonds. The van der Waals surface area contributed by atoms with Crippen LogP contribution >= 0.6 is 0 Å². The maximum Gasteiger partial charge on any atom is 0.194 e. The van der Waals surface area contributed by atoms with Crippen LogP contribution in [0.4, 0.5) is 0 Å². The summed E-state index contributed by atoms with van der Waals surface area (Å²) in [6, 6.07) is 3.86. The maximum absolute atomic E-state index is 6.46. The summed E-state index contributed by atoms with van der Waals surface area (Å²) in [6.45, 7) is 20.8. The molecule has 0 fully saturated rings. The standard InChI is InChI=1S/C16H34OSi/c1-13(2)9-17-18(10-14(3)4,11-15(5)6)12-16(7)8/h14-16H,1,9-12H2,2-8H3. The van der Waals surface area contributed by atoms with Crippen molar-refractivity contribution in [1.82, 2.24) is 0 Å². The van der Waals surface area contributed by atoms with Crippen LogP contribution in [0, 0.1) is 17.8 Å². The minimum absolute atomic E-state index is 0.735. The molecule has 1 nitrogen and oxygen atoms in total. The highest BCUT2D eigenvalue weighted by atomic mass is 28.4. The first-order valence-corrected chi connectivity index (χ1v) is 9.98. The molecule has 0 bridgehead atoms. The fourth-order valence-corrected chi connectivity index (χ4v) is 8.81. The van der Waals surface area contributed by atoms with Crippen molar-refractivity contribution in [3.63, 3.8) is 0 Å². The second-order valence-electron chi connectivity index (χ2n) is 7.22. The van der Waals surface area contributed by atoms with Gasteiger partial charge in [0, 0.05) is 0 Å². The molecule has 0 N–H and O–H groups in total. The van der Waals surface area contributed by atoms with Gasteiger partial charge in [-0.2, -0.15) is 0 Å². The minimum atomic E-state index is -1.61. The Balaban J connectivity index is 4.91.